The maximum atomic E-state index is 6.26. The van der Waals surface area contributed by atoms with E-state index in [-0.39, 0.29) is 12.2 Å². The summed E-state index contributed by atoms with van der Waals surface area (Å²) in [5.74, 6) is 2.80. The molecule has 5 heteroatoms. The van der Waals surface area contributed by atoms with Gasteiger partial charge in [0.05, 0.1) is 13.2 Å². The van der Waals surface area contributed by atoms with Crippen molar-refractivity contribution in [2.75, 3.05) is 43.1 Å². The van der Waals surface area contributed by atoms with Crippen molar-refractivity contribution in [2.24, 2.45) is 0 Å². The third-order valence-corrected chi connectivity index (χ3v) is 6.18. The average molecular weight is 411 g/mol. The van der Waals surface area contributed by atoms with Gasteiger partial charge in [-0.25, -0.2) is 0 Å². The van der Waals surface area contributed by atoms with Crippen molar-refractivity contribution in [2.45, 2.75) is 53.2 Å². The van der Waals surface area contributed by atoms with Gasteiger partial charge in [-0.1, -0.05) is 0 Å². The Morgan fingerprint density at radius 2 is 1.60 bits per heavy atom. The van der Waals surface area contributed by atoms with Gasteiger partial charge in [0.1, 0.15) is 11.9 Å². The predicted octanol–water partition coefficient (Wildman–Crippen LogP) is 4.75. The molecule has 0 amide bonds. The first-order valence-electron chi connectivity index (χ1n) is 11.0. The topological polar surface area (TPSA) is 34.2 Å². The third-order valence-electron chi connectivity index (χ3n) is 6.18. The quantitative estimate of drug-likeness (QED) is 0.711. The highest BCUT2D eigenvalue weighted by atomic mass is 16.5. The fourth-order valence-electron chi connectivity index (χ4n) is 4.74. The first kappa shape index (κ1) is 20.7. The molecule has 0 N–H and O–H groups in total. The van der Waals surface area contributed by atoms with Crippen LogP contribution in [0.2, 0.25) is 0 Å². The largest absolute Gasteiger partial charge is 0.497 e. The molecule has 2 aliphatic heterocycles. The zero-order valence-corrected chi connectivity index (χ0v) is 19.1. The number of nitrogens with zero attached hydrogens (tertiary/aromatic N) is 2. The number of rotatable bonds is 5. The Hall–Kier alpha value is -2.56. The fraction of sp³-hybridized carbons (Fsp3) is 0.520. The van der Waals surface area contributed by atoms with Gasteiger partial charge in [0.25, 0.3) is 0 Å². The van der Waals surface area contributed by atoms with Gasteiger partial charge in [-0.05, 0) is 64.4 Å². The summed E-state index contributed by atoms with van der Waals surface area (Å²) >= 11 is 0. The molecule has 2 aromatic carbocycles. The number of methoxy groups -OCH3 is 1. The van der Waals surface area contributed by atoms with E-state index in [9.17, 15) is 0 Å². The van der Waals surface area contributed by atoms with Crippen LogP contribution in [0, 0.1) is 13.8 Å². The summed E-state index contributed by atoms with van der Waals surface area (Å²) in [5.41, 5.74) is 6.45. The minimum Gasteiger partial charge on any atom is -0.497 e. The molecule has 1 fully saturated rings. The number of piperazine rings is 1. The SMILES string of the molecule is COc1ccc(N2CCN(c3c(C)c4c(c(OC(C)C)c3C)OC(C)C4)CC2)cc1. The molecule has 4 rings (SSSR count). The summed E-state index contributed by atoms with van der Waals surface area (Å²) in [6, 6.07) is 8.36. The molecule has 1 atom stereocenters. The Morgan fingerprint density at radius 1 is 0.967 bits per heavy atom. The maximum absolute atomic E-state index is 6.26. The van der Waals surface area contributed by atoms with Crippen LogP contribution in [0.1, 0.15) is 37.5 Å². The van der Waals surface area contributed by atoms with Crippen LogP contribution in [0.25, 0.3) is 0 Å². The lowest BCUT2D eigenvalue weighted by atomic mass is 9.96. The Labute approximate surface area is 180 Å². The molecule has 2 heterocycles. The Balaban J connectivity index is 1.59. The molecule has 2 aliphatic rings. The van der Waals surface area contributed by atoms with Crippen LogP contribution in [-0.2, 0) is 6.42 Å². The van der Waals surface area contributed by atoms with Crippen LogP contribution in [0.15, 0.2) is 24.3 Å². The van der Waals surface area contributed by atoms with Gasteiger partial charge in [0.2, 0.25) is 0 Å². The third kappa shape index (κ3) is 3.78. The van der Waals surface area contributed by atoms with E-state index >= 15 is 0 Å². The van der Waals surface area contributed by atoms with E-state index in [1.54, 1.807) is 7.11 Å². The smallest absolute Gasteiger partial charge is 0.166 e. The fourth-order valence-corrected chi connectivity index (χ4v) is 4.74. The number of hydrogen-bond acceptors (Lipinski definition) is 5. The average Bonchev–Trinajstić information content (AvgIpc) is 3.13. The minimum absolute atomic E-state index is 0.120. The van der Waals surface area contributed by atoms with Gasteiger partial charge >= 0.3 is 0 Å². The first-order chi connectivity index (χ1) is 14.4. The molecule has 0 aromatic heterocycles. The maximum Gasteiger partial charge on any atom is 0.166 e. The van der Waals surface area contributed by atoms with Crippen LogP contribution in [0.3, 0.4) is 0 Å². The predicted molar refractivity (Wildman–Crippen MR) is 123 cm³/mol. The van der Waals surface area contributed by atoms with Crippen molar-refractivity contribution < 1.29 is 14.2 Å². The van der Waals surface area contributed by atoms with E-state index in [2.05, 4.69) is 56.6 Å². The van der Waals surface area contributed by atoms with E-state index in [1.807, 2.05) is 12.1 Å². The lowest BCUT2D eigenvalue weighted by Crippen LogP contribution is -2.47. The Morgan fingerprint density at radius 3 is 2.20 bits per heavy atom. The summed E-state index contributed by atoms with van der Waals surface area (Å²) in [5, 5.41) is 0. The van der Waals surface area contributed by atoms with Gasteiger partial charge in [-0.15, -0.1) is 0 Å². The molecule has 0 aliphatic carbocycles. The zero-order valence-electron chi connectivity index (χ0n) is 19.1. The van der Waals surface area contributed by atoms with Crippen LogP contribution in [0.4, 0.5) is 11.4 Å². The second-order valence-corrected chi connectivity index (χ2v) is 8.71. The summed E-state index contributed by atoms with van der Waals surface area (Å²) in [6.07, 6.45) is 1.28. The van der Waals surface area contributed by atoms with Gasteiger partial charge in [0.15, 0.2) is 11.5 Å². The molecular formula is C25H34N2O3. The molecule has 5 nitrogen and oxygen atoms in total. The van der Waals surface area contributed by atoms with Crippen molar-refractivity contribution in [3.8, 4) is 17.2 Å². The molecule has 1 saturated heterocycles. The van der Waals surface area contributed by atoms with Crippen molar-refractivity contribution >= 4 is 11.4 Å². The molecule has 0 saturated carbocycles. The van der Waals surface area contributed by atoms with Gasteiger partial charge < -0.3 is 24.0 Å². The van der Waals surface area contributed by atoms with Crippen LogP contribution < -0.4 is 24.0 Å². The zero-order chi connectivity index (χ0) is 21.4. The van der Waals surface area contributed by atoms with E-state index in [1.165, 1.54) is 28.1 Å². The van der Waals surface area contributed by atoms with Crippen molar-refractivity contribution in [1.82, 2.24) is 0 Å². The lowest BCUT2D eigenvalue weighted by Gasteiger charge is -2.39. The van der Waals surface area contributed by atoms with Gasteiger partial charge in [-0.3, -0.25) is 0 Å². The monoisotopic (exact) mass is 410 g/mol. The molecule has 2 aromatic rings. The van der Waals surface area contributed by atoms with Crippen molar-refractivity contribution in [3.63, 3.8) is 0 Å². The molecule has 162 valence electrons. The van der Waals surface area contributed by atoms with Crippen LogP contribution >= 0.6 is 0 Å². The minimum atomic E-state index is 0.120. The number of benzene rings is 2. The molecule has 1 unspecified atom stereocenters. The Kier molecular flexibility index (Phi) is 5.72. The second-order valence-electron chi connectivity index (χ2n) is 8.71. The molecule has 30 heavy (non-hydrogen) atoms. The summed E-state index contributed by atoms with van der Waals surface area (Å²) in [4.78, 5) is 4.98. The van der Waals surface area contributed by atoms with Crippen LogP contribution in [-0.4, -0.2) is 45.5 Å². The highest BCUT2D eigenvalue weighted by Crippen LogP contribution is 2.48. The second kappa shape index (κ2) is 8.29. The molecule has 0 radical (unpaired) electrons. The molecule has 0 bridgehead atoms. The summed E-state index contributed by atoms with van der Waals surface area (Å²) in [7, 11) is 1.71. The first-order valence-corrected chi connectivity index (χ1v) is 11.0. The number of fused-ring (bicyclic) bond motifs is 1. The number of anilines is 2. The standard InChI is InChI=1S/C25H34N2O3/c1-16(2)29-24-19(5)23(18(4)22-15-17(3)30-25(22)24)27-13-11-26(12-14-27)20-7-9-21(28-6)10-8-20/h7-10,16-17H,11-15H2,1-6H3. The van der Waals surface area contributed by atoms with Crippen molar-refractivity contribution in [3.05, 3.63) is 41.0 Å². The van der Waals surface area contributed by atoms with E-state index < -0.39 is 0 Å². The van der Waals surface area contributed by atoms with Crippen molar-refractivity contribution in [1.29, 1.82) is 0 Å². The van der Waals surface area contributed by atoms with E-state index in [0.717, 1.165) is 49.8 Å². The lowest BCUT2D eigenvalue weighted by molar-refractivity contribution is 0.206. The summed E-state index contributed by atoms with van der Waals surface area (Å²) < 4.78 is 17.7. The van der Waals surface area contributed by atoms with Gasteiger partial charge in [-0.2, -0.15) is 0 Å². The van der Waals surface area contributed by atoms with Gasteiger partial charge in [0, 0.05) is 55.1 Å². The Bertz CT molecular complexity index is 900. The number of hydrogen-bond donors (Lipinski definition) is 0. The molecule has 0 spiro atoms. The highest BCUT2D eigenvalue weighted by Gasteiger charge is 2.32. The van der Waals surface area contributed by atoms with E-state index in [0.29, 0.717) is 0 Å². The normalized spacial score (nSPS) is 18.4. The number of ether oxygens (including phenoxy) is 3. The molecular weight excluding hydrogens is 376 g/mol. The van der Waals surface area contributed by atoms with Crippen LogP contribution in [0.5, 0.6) is 17.2 Å². The highest BCUT2D eigenvalue weighted by molar-refractivity contribution is 5.73. The summed E-state index contributed by atoms with van der Waals surface area (Å²) in [6.45, 7) is 14.7. The van der Waals surface area contributed by atoms with E-state index in [4.69, 9.17) is 14.2 Å².